The number of carbonyl (C=O) groups excluding carboxylic acids is 1. The minimum Gasteiger partial charge on any atom is -0.465 e. The minimum atomic E-state index is -0.317. The normalized spacial score (nSPS) is 9.73. The Morgan fingerprint density at radius 3 is 3.07 bits per heavy atom. The van der Waals surface area contributed by atoms with Crippen LogP contribution in [0.3, 0.4) is 0 Å². The monoisotopic (exact) mass is 273 g/mol. The number of rotatable bonds is 4. The largest absolute Gasteiger partial charge is 0.465 e. The van der Waals surface area contributed by atoms with E-state index in [4.69, 9.17) is 10.5 Å². The second-order valence-electron chi connectivity index (χ2n) is 2.76. The van der Waals surface area contributed by atoms with Crippen molar-refractivity contribution < 1.29 is 9.53 Å². The summed E-state index contributed by atoms with van der Waals surface area (Å²) >= 11 is 3.28. The number of carbonyl (C=O) groups is 1. The zero-order valence-electron chi connectivity index (χ0n) is 8.29. The molecule has 0 radical (unpaired) electrons. The van der Waals surface area contributed by atoms with Gasteiger partial charge in [0.15, 0.2) is 0 Å². The number of pyridine rings is 1. The summed E-state index contributed by atoms with van der Waals surface area (Å²) in [7, 11) is 0. The molecule has 1 rings (SSSR count). The molecule has 0 saturated carbocycles. The van der Waals surface area contributed by atoms with E-state index in [1.54, 1.807) is 13.0 Å². The van der Waals surface area contributed by atoms with E-state index in [1.165, 1.54) is 6.20 Å². The first-order valence-electron chi connectivity index (χ1n) is 4.44. The first-order valence-corrected chi connectivity index (χ1v) is 5.23. The Kier molecular flexibility index (Phi) is 4.36. The maximum atomic E-state index is 11.0. The van der Waals surface area contributed by atoms with Crippen LogP contribution >= 0.6 is 15.9 Å². The third-order valence-corrected chi connectivity index (χ3v) is 2.17. The van der Waals surface area contributed by atoms with Crippen LogP contribution in [0.15, 0.2) is 16.7 Å². The van der Waals surface area contributed by atoms with Gasteiger partial charge in [-0.25, -0.2) is 4.98 Å². The van der Waals surface area contributed by atoms with Crippen LogP contribution in [0.4, 0.5) is 11.5 Å². The molecule has 0 aliphatic rings. The molecule has 0 amide bonds. The highest BCUT2D eigenvalue weighted by molar-refractivity contribution is 9.10. The number of aromatic nitrogens is 1. The van der Waals surface area contributed by atoms with E-state index in [0.717, 1.165) is 0 Å². The number of hydrogen-bond donors (Lipinski definition) is 2. The van der Waals surface area contributed by atoms with E-state index in [1.807, 2.05) is 0 Å². The Bertz CT molecular complexity index is 357. The van der Waals surface area contributed by atoms with Gasteiger partial charge in [-0.1, -0.05) is 0 Å². The van der Waals surface area contributed by atoms with E-state index in [9.17, 15) is 4.79 Å². The van der Waals surface area contributed by atoms with Gasteiger partial charge >= 0.3 is 5.97 Å². The predicted molar refractivity (Wildman–Crippen MR) is 61.5 cm³/mol. The van der Waals surface area contributed by atoms with E-state index < -0.39 is 0 Å². The molecule has 0 saturated heterocycles. The van der Waals surface area contributed by atoms with Gasteiger partial charge in [-0.3, -0.25) is 4.79 Å². The summed E-state index contributed by atoms with van der Waals surface area (Å²) in [4.78, 5) is 15.1. The van der Waals surface area contributed by atoms with Gasteiger partial charge in [0.25, 0.3) is 0 Å². The molecule has 0 atom stereocenters. The van der Waals surface area contributed by atoms with Crippen LogP contribution in [0.5, 0.6) is 0 Å². The van der Waals surface area contributed by atoms with E-state index in [2.05, 4.69) is 26.2 Å². The topological polar surface area (TPSA) is 77.2 Å². The van der Waals surface area contributed by atoms with Crippen molar-refractivity contribution in [2.45, 2.75) is 6.92 Å². The number of nitrogens with zero attached hydrogens (tertiary/aromatic N) is 1. The molecule has 1 aromatic heterocycles. The van der Waals surface area contributed by atoms with Crippen LogP contribution < -0.4 is 11.1 Å². The highest BCUT2D eigenvalue weighted by Crippen LogP contribution is 2.21. The van der Waals surface area contributed by atoms with Crippen LogP contribution in [0.2, 0.25) is 0 Å². The molecule has 0 bridgehead atoms. The maximum Gasteiger partial charge on any atom is 0.325 e. The fraction of sp³-hybridized carbons (Fsp3) is 0.333. The number of esters is 1. The Balaban J connectivity index is 2.54. The summed E-state index contributed by atoms with van der Waals surface area (Å²) in [6, 6.07) is 1.71. The lowest BCUT2D eigenvalue weighted by Crippen LogP contribution is -2.17. The first-order chi connectivity index (χ1) is 7.13. The lowest BCUT2D eigenvalue weighted by molar-refractivity contribution is -0.140. The van der Waals surface area contributed by atoms with Gasteiger partial charge in [0.05, 0.1) is 23.0 Å². The summed E-state index contributed by atoms with van der Waals surface area (Å²) < 4.78 is 5.47. The highest BCUT2D eigenvalue weighted by atomic mass is 79.9. The molecule has 0 unspecified atom stereocenters. The molecular formula is C9H12BrN3O2. The van der Waals surface area contributed by atoms with Gasteiger partial charge in [0, 0.05) is 0 Å². The molecule has 0 fully saturated rings. The van der Waals surface area contributed by atoms with Crippen molar-refractivity contribution in [1.82, 2.24) is 4.98 Å². The second kappa shape index (κ2) is 5.55. The quantitative estimate of drug-likeness (QED) is 0.811. The first kappa shape index (κ1) is 11.8. The number of nitrogens with two attached hydrogens (primary N) is 1. The predicted octanol–water partition coefficient (Wildman–Crippen LogP) is 1.40. The van der Waals surface area contributed by atoms with Gasteiger partial charge in [0.1, 0.15) is 12.4 Å². The van der Waals surface area contributed by atoms with E-state index in [-0.39, 0.29) is 12.5 Å². The second-order valence-corrected chi connectivity index (χ2v) is 3.61. The summed E-state index contributed by atoms with van der Waals surface area (Å²) in [6.45, 7) is 2.22. The standard InChI is InChI=1S/C9H12BrN3O2/c1-2-15-8(14)5-13-9-7(10)3-6(11)4-12-9/h3-4H,2,5,11H2,1H3,(H,12,13). The fourth-order valence-electron chi connectivity index (χ4n) is 0.951. The number of hydrogen-bond acceptors (Lipinski definition) is 5. The van der Waals surface area contributed by atoms with Crippen molar-refractivity contribution in [2.24, 2.45) is 0 Å². The summed E-state index contributed by atoms with van der Waals surface area (Å²) in [5.74, 6) is 0.250. The van der Waals surface area contributed by atoms with Crippen LogP contribution in [0.1, 0.15) is 6.92 Å². The third-order valence-electron chi connectivity index (χ3n) is 1.57. The van der Waals surface area contributed by atoms with Crippen LogP contribution in [0.25, 0.3) is 0 Å². The molecule has 82 valence electrons. The van der Waals surface area contributed by atoms with Gasteiger partial charge in [0.2, 0.25) is 0 Å². The molecule has 15 heavy (non-hydrogen) atoms. The fourth-order valence-corrected chi connectivity index (χ4v) is 1.46. The molecule has 0 aliphatic carbocycles. The number of nitrogens with one attached hydrogen (secondary N) is 1. The van der Waals surface area contributed by atoms with Crippen molar-refractivity contribution >= 4 is 33.4 Å². The third kappa shape index (κ3) is 3.75. The van der Waals surface area contributed by atoms with Crippen LogP contribution in [-0.2, 0) is 9.53 Å². The number of nitrogen functional groups attached to an aromatic ring is 1. The highest BCUT2D eigenvalue weighted by Gasteiger charge is 2.05. The van der Waals surface area contributed by atoms with Crippen LogP contribution in [-0.4, -0.2) is 24.1 Å². The van der Waals surface area contributed by atoms with E-state index in [0.29, 0.717) is 22.6 Å². The van der Waals surface area contributed by atoms with Gasteiger partial charge in [-0.15, -0.1) is 0 Å². The molecule has 0 spiro atoms. The lowest BCUT2D eigenvalue weighted by atomic mass is 10.4. The van der Waals surface area contributed by atoms with Gasteiger partial charge in [-0.2, -0.15) is 0 Å². The van der Waals surface area contributed by atoms with Crippen molar-refractivity contribution in [1.29, 1.82) is 0 Å². The van der Waals surface area contributed by atoms with Gasteiger partial charge in [-0.05, 0) is 28.9 Å². The molecule has 1 aromatic rings. The Labute approximate surface area is 96.1 Å². The summed E-state index contributed by atoms with van der Waals surface area (Å²) in [5, 5.41) is 2.84. The molecule has 1 heterocycles. The zero-order chi connectivity index (χ0) is 11.3. The van der Waals surface area contributed by atoms with Crippen molar-refractivity contribution in [2.75, 3.05) is 24.2 Å². The average molecular weight is 274 g/mol. The Hall–Kier alpha value is -1.30. The van der Waals surface area contributed by atoms with Crippen molar-refractivity contribution in [3.05, 3.63) is 16.7 Å². The van der Waals surface area contributed by atoms with Gasteiger partial charge < -0.3 is 15.8 Å². The lowest BCUT2D eigenvalue weighted by Gasteiger charge is -2.07. The zero-order valence-corrected chi connectivity index (χ0v) is 9.87. The van der Waals surface area contributed by atoms with E-state index >= 15 is 0 Å². The van der Waals surface area contributed by atoms with Crippen LogP contribution in [0, 0.1) is 0 Å². The molecule has 3 N–H and O–H groups in total. The molecule has 0 aromatic carbocycles. The minimum absolute atomic E-state index is 0.0867. The Morgan fingerprint density at radius 2 is 2.47 bits per heavy atom. The molecule has 0 aliphatic heterocycles. The molecule has 5 nitrogen and oxygen atoms in total. The van der Waals surface area contributed by atoms with Crippen molar-refractivity contribution in [3.8, 4) is 0 Å². The molecule has 6 heteroatoms. The SMILES string of the molecule is CCOC(=O)CNc1ncc(N)cc1Br. The number of halogens is 1. The smallest absolute Gasteiger partial charge is 0.325 e. The number of anilines is 2. The van der Waals surface area contributed by atoms with Crippen molar-refractivity contribution in [3.63, 3.8) is 0 Å². The summed E-state index contributed by atoms with van der Waals surface area (Å²) in [5.41, 5.74) is 6.08. The molecular weight excluding hydrogens is 262 g/mol. The Morgan fingerprint density at radius 1 is 1.73 bits per heavy atom. The summed E-state index contributed by atoms with van der Waals surface area (Å²) in [6.07, 6.45) is 1.51. The maximum absolute atomic E-state index is 11.0. The number of ether oxygens (including phenoxy) is 1. The average Bonchev–Trinajstić information content (AvgIpc) is 2.17.